The number of ether oxygens (including phenoxy) is 2. The first-order valence-electron chi connectivity index (χ1n) is 9.70. The molecule has 0 unspecified atom stereocenters. The van der Waals surface area contributed by atoms with Crippen LogP contribution in [0.3, 0.4) is 0 Å². The van der Waals surface area contributed by atoms with Gasteiger partial charge < -0.3 is 20.1 Å². The molecule has 0 heterocycles. The maximum absolute atomic E-state index is 12.9. The normalized spacial score (nSPS) is 10.8. The van der Waals surface area contributed by atoms with E-state index in [-0.39, 0.29) is 25.2 Å². The highest BCUT2D eigenvalue weighted by molar-refractivity contribution is 5.94. The van der Waals surface area contributed by atoms with E-state index in [9.17, 15) is 32.3 Å². The van der Waals surface area contributed by atoms with Crippen molar-refractivity contribution in [2.24, 2.45) is 0 Å². The SMILES string of the molecule is COC(=O)c1ccc(NC(=O)CCCC(=O)OCC(=O)Nc2ccccc2C(F)(F)F)cc1. The van der Waals surface area contributed by atoms with Gasteiger partial charge in [-0.2, -0.15) is 13.2 Å². The summed E-state index contributed by atoms with van der Waals surface area (Å²) in [7, 11) is 1.25. The molecule has 0 spiro atoms. The van der Waals surface area contributed by atoms with Crippen LogP contribution in [0.1, 0.15) is 35.2 Å². The molecule has 0 saturated carbocycles. The monoisotopic (exact) mass is 466 g/mol. The van der Waals surface area contributed by atoms with E-state index in [1.54, 1.807) is 0 Å². The number of amides is 2. The summed E-state index contributed by atoms with van der Waals surface area (Å²) in [6.45, 7) is -0.760. The molecule has 176 valence electrons. The van der Waals surface area contributed by atoms with E-state index >= 15 is 0 Å². The van der Waals surface area contributed by atoms with Crippen LogP contribution >= 0.6 is 0 Å². The molecule has 33 heavy (non-hydrogen) atoms. The molecule has 2 rings (SSSR count). The molecule has 2 amide bonds. The molecular weight excluding hydrogens is 445 g/mol. The van der Waals surface area contributed by atoms with Gasteiger partial charge in [0.25, 0.3) is 5.91 Å². The molecule has 2 aromatic carbocycles. The molecule has 0 aliphatic heterocycles. The van der Waals surface area contributed by atoms with Crippen molar-refractivity contribution in [2.45, 2.75) is 25.4 Å². The zero-order valence-electron chi connectivity index (χ0n) is 17.5. The number of hydrogen-bond donors (Lipinski definition) is 2. The van der Waals surface area contributed by atoms with Gasteiger partial charge in [-0.15, -0.1) is 0 Å². The van der Waals surface area contributed by atoms with E-state index in [2.05, 4.69) is 15.4 Å². The third-order valence-corrected chi connectivity index (χ3v) is 4.25. The number of para-hydroxylation sites is 1. The van der Waals surface area contributed by atoms with Crippen LogP contribution in [0.25, 0.3) is 0 Å². The predicted octanol–water partition coefficient (Wildman–Crippen LogP) is 3.78. The van der Waals surface area contributed by atoms with Crippen LogP contribution in [0, 0.1) is 0 Å². The molecule has 0 aliphatic rings. The number of hydrogen-bond acceptors (Lipinski definition) is 6. The number of rotatable bonds is 9. The van der Waals surface area contributed by atoms with Gasteiger partial charge in [-0.3, -0.25) is 14.4 Å². The fraction of sp³-hybridized carbons (Fsp3) is 0.273. The average Bonchev–Trinajstić information content (AvgIpc) is 2.77. The molecule has 0 fully saturated rings. The Hall–Kier alpha value is -3.89. The maximum atomic E-state index is 12.9. The number of benzene rings is 2. The molecule has 0 bridgehead atoms. The second-order valence-corrected chi connectivity index (χ2v) is 6.72. The standard InChI is InChI=1S/C22H21F3N2O6/c1-32-21(31)14-9-11-15(12-10-14)26-18(28)7-4-8-20(30)33-13-19(29)27-17-6-3-2-5-16(17)22(23,24)25/h2-3,5-6,9-12H,4,7-8,13H2,1H3,(H,26,28)(H,27,29). The Balaban J connectivity index is 1.70. The fourth-order valence-electron chi connectivity index (χ4n) is 2.67. The van der Waals surface area contributed by atoms with Crippen molar-refractivity contribution in [3.63, 3.8) is 0 Å². The zero-order chi connectivity index (χ0) is 24.4. The molecule has 2 aromatic rings. The Kier molecular flexibility index (Phi) is 8.96. The molecule has 0 saturated heterocycles. The first-order chi connectivity index (χ1) is 15.6. The third kappa shape index (κ3) is 8.28. The quantitative estimate of drug-likeness (QED) is 0.544. The molecule has 11 heteroatoms. The summed E-state index contributed by atoms with van der Waals surface area (Å²) in [4.78, 5) is 46.9. The minimum atomic E-state index is -4.65. The number of methoxy groups -OCH3 is 1. The van der Waals surface area contributed by atoms with Crippen LogP contribution in [0.15, 0.2) is 48.5 Å². The molecule has 0 radical (unpaired) electrons. The lowest BCUT2D eigenvalue weighted by Gasteiger charge is -2.13. The van der Waals surface area contributed by atoms with Crippen LogP contribution in [0.5, 0.6) is 0 Å². The van der Waals surface area contributed by atoms with E-state index in [4.69, 9.17) is 4.74 Å². The first-order valence-corrected chi connectivity index (χ1v) is 9.70. The summed E-state index contributed by atoms with van der Waals surface area (Å²) < 4.78 is 48.1. The maximum Gasteiger partial charge on any atom is 0.418 e. The van der Waals surface area contributed by atoms with Gasteiger partial charge in [-0.1, -0.05) is 12.1 Å². The highest BCUT2D eigenvalue weighted by Gasteiger charge is 2.33. The number of anilines is 2. The van der Waals surface area contributed by atoms with Gasteiger partial charge in [0.05, 0.1) is 23.9 Å². The van der Waals surface area contributed by atoms with Crippen molar-refractivity contribution in [1.29, 1.82) is 0 Å². The Labute approximate surface area is 187 Å². The molecule has 8 nitrogen and oxygen atoms in total. The molecule has 0 atom stereocenters. The third-order valence-electron chi connectivity index (χ3n) is 4.25. The molecule has 0 aliphatic carbocycles. The van der Waals surface area contributed by atoms with E-state index < -0.39 is 41.9 Å². The number of carbonyl (C=O) groups is 4. The van der Waals surface area contributed by atoms with Crippen molar-refractivity contribution >= 4 is 35.1 Å². The largest absolute Gasteiger partial charge is 0.465 e. The molecule has 0 aromatic heterocycles. The summed E-state index contributed by atoms with van der Waals surface area (Å²) in [6, 6.07) is 10.4. The van der Waals surface area contributed by atoms with Gasteiger partial charge in [-0.25, -0.2) is 4.79 Å². The summed E-state index contributed by atoms with van der Waals surface area (Å²) in [6.07, 6.45) is -4.70. The van der Waals surface area contributed by atoms with Crippen molar-refractivity contribution in [3.8, 4) is 0 Å². The topological polar surface area (TPSA) is 111 Å². The highest BCUT2D eigenvalue weighted by atomic mass is 19.4. The van der Waals surface area contributed by atoms with Crippen LogP contribution in [-0.4, -0.2) is 37.5 Å². The number of esters is 2. The van der Waals surface area contributed by atoms with Gasteiger partial charge in [0.1, 0.15) is 0 Å². The number of alkyl halides is 3. The van der Waals surface area contributed by atoms with Gasteiger partial charge in [0, 0.05) is 18.5 Å². The van der Waals surface area contributed by atoms with Gasteiger partial charge in [0.2, 0.25) is 5.91 Å². The fourth-order valence-corrected chi connectivity index (χ4v) is 2.67. The van der Waals surface area contributed by atoms with Gasteiger partial charge >= 0.3 is 18.1 Å². The van der Waals surface area contributed by atoms with Gasteiger partial charge in [0.15, 0.2) is 6.61 Å². The summed E-state index contributed by atoms with van der Waals surface area (Å²) >= 11 is 0. The average molecular weight is 466 g/mol. The Bertz CT molecular complexity index is 1010. The van der Waals surface area contributed by atoms with Crippen LogP contribution in [0.2, 0.25) is 0 Å². The lowest BCUT2D eigenvalue weighted by Crippen LogP contribution is -2.22. The van der Waals surface area contributed by atoms with Gasteiger partial charge in [-0.05, 0) is 42.8 Å². The smallest absolute Gasteiger partial charge is 0.418 e. The Morgan fingerprint density at radius 2 is 1.55 bits per heavy atom. The highest BCUT2D eigenvalue weighted by Crippen LogP contribution is 2.34. The molecular formula is C22H21F3N2O6. The van der Waals surface area contributed by atoms with E-state index in [1.807, 2.05) is 0 Å². The second kappa shape index (κ2) is 11.7. The van der Waals surface area contributed by atoms with Crippen molar-refractivity contribution in [3.05, 3.63) is 59.7 Å². The number of nitrogens with one attached hydrogen (secondary N) is 2. The van der Waals surface area contributed by atoms with Crippen LogP contribution < -0.4 is 10.6 Å². The summed E-state index contributed by atoms with van der Waals surface area (Å²) in [5.41, 5.74) is -0.687. The minimum absolute atomic E-state index is 0.0149. The van der Waals surface area contributed by atoms with E-state index in [1.165, 1.54) is 43.5 Å². The van der Waals surface area contributed by atoms with Crippen LogP contribution in [-0.2, 0) is 30.0 Å². The van der Waals surface area contributed by atoms with E-state index in [0.29, 0.717) is 11.3 Å². The molecule has 2 N–H and O–H groups in total. The predicted molar refractivity (Wildman–Crippen MR) is 111 cm³/mol. The van der Waals surface area contributed by atoms with Crippen molar-refractivity contribution in [1.82, 2.24) is 0 Å². The Morgan fingerprint density at radius 3 is 2.18 bits per heavy atom. The zero-order valence-corrected chi connectivity index (χ0v) is 17.5. The number of halogens is 3. The second-order valence-electron chi connectivity index (χ2n) is 6.72. The summed E-state index contributed by atoms with van der Waals surface area (Å²) in [5, 5.41) is 4.66. The van der Waals surface area contributed by atoms with Crippen molar-refractivity contribution in [2.75, 3.05) is 24.4 Å². The first kappa shape index (κ1) is 25.4. The minimum Gasteiger partial charge on any atom is -0.465 e. The lowest BCUT2D eigenvalue weighted by molar-refractivity contribution is -0.147. The number of carbonyl (C=O) groups excluding carboxylic acids is 4. The van der Waals surface area contributed by atoms with Crippen LogP contribution in [0.4, 0.5) is 24.5 Å². The van der Waals surface area contributed by atoms with E-state index in [0.717, 1.165) is 12.1 Å². The van der Waals surface area contributed by atoms with Crippen molar-refractivity contribution < 1.29 is 41.8 Å². The Morgan fingerprint density at radius 1 is 0.879 bits per heavy atom. The lowest BCUT2D eigenvalue weighted by atomic mass is 10.1. The summed E-state index contributed by atoms with van der Waals surface area (Å²) in [5.74, 6) is -2.59.